The number of nitrogens with zero attached hydrogens (tertiary/aromatic N) is 1. The summed E-state index contributed by atoms with van der Waals surface area (Å²) in [7, 11) is 5.32. The highest BCUT2D eigenvalue weighted by atomic mass is 79.9. The predicted octanol–water partition coefficient (Wildman–Crippen LogP) is 0.638. The summed E-state index contributed by atoms with van der Waals surface area (Å²) >= 11 is 3.17. The zero-order chi connectivity index (χ0) is 5.98. The molecular weight excluding hydrogens is 165 g/mol. The summed E-state index contributed by atoms with van der Waals surface area (Å²) in [5, 5.41) is 0. The molecular formula is C5H3BBrN. The number of hydrogen-bond donors (Lipinski definition) is 0. The van der Waals surface area contributed by atoms with Crippen LogP contribution < -0.4 is 5.59 Å². The zero-order valence-corrected chi connectivity index (χ0v) is 5.72. The Kier molecular flexibility index (Phi) is 1.68. The van der Waals surface area contributed by atoms with Gasteiger partial charge in [-0.3, -0.25) is 4.98 Å². The lowest BCUT2D eigenvalue weighted by atomic mass is 10.1. The SMILES string of the molecule is [B]c1cccc(Br)n1. The van der Waals surface area contributed by atoms with Crippen molar-refractivity contribution in [3.63, 3.8) is 0 Å². The van der Waals surface area contributed by atoms with Gasteiger partial charge in [0, 0.05) is 0 Å². The van der Waals surface area contributed by atoms with Crippen LogP contribution in [0.25, 0.3) is 0 Å². The van der Waals surface area contributed by atoms with Gasteiger partial charge < -0.3 is 0 Å². The Morgan fingerprint density at radius 2 is 2.25 bits per heavy atom. The summed E-state index contributed by atoms with van der Waals surface area (Å²) in [4.78, 5) is 3.87. The van der Waals surface area contributed by atoms with E-state index < -0.39 is 0 Å². The van der Waals surface area contributed by atoms with E-state index in [0.717, 1.165) is 4.60 Å². The predicted molar refractivity (Wildman–Crippen MR) is 37.3 cm³/mol. The van der Waals surface area contributed by atoms with E-state index >= 15 is 0 Å². The smallest absolute Gasteiger partial charge is 0.141 e. The second-order valence-electron chi connectivity index (χ2n) is 1.39. The fourth-order valence-electron chi connectivity index (χ4n) is 0.424. The number of halogens is 1. The third-order valence-electron chi connectivity index (χ3n) is 0.737. The second kappa shape index (κ2) is 2.31. The van der Waals surface area contributed by atoms with Crippen LogP contribution >= 0.6 is 15.9 Å². The minimum atomic E-state index is 0.541. The van der Waals surface area contributed by atoms with Gasteiger partial charge in [0.05, 0.1) is 0 Å². The summed E-state index contributed by atoms with van der Waals surface area (Å²) in [6, 6.07) is 5.41. The van der Waals surface area contributed by atoms with Gasteiger partial charge in [-0.2, -0.15) is 0 Å². The summed E-state index contributed by atoms with van der Waals surface area (Å²) < 4.78 is 0.775. The molecule has 0 amide bonds. The van der Waals surface area contributed by atoms with E-state index in [1.165, 1.54) is 0 Å². The quantitative estimate of drug-likeness (QED) is 0.409. The maximum atomic E-state index is 5.32. The van der Waals surface area contributed by atoms with Crippen LogP contribution in [0.3, 0.4) is 0 Å². The molecule has 0 atom stereocenters. The minimum Gasteiger partial charge on any atom is -0.258 e. The van der Waals surface area contributed by atoms with Crippen molar-refractivity contribution >= 4 is 29.4 Å². The summed E-state index contributed by atoms with van der Waals surface area (Å²) in [6.07, 6.45) is 0. The molecule has 0 aliphatic heterocycles. The molecule has 1 nitrogen and oxygen atoms in total. The molecule has 0 spiro atoms. The first-order valence-corrected chi connectivity index (χ1v) is 2.96. The highest BCUT2D eigenvalue weighted by molar-refractivity contribution is 9.10. The molecule has 1 aromatic heterocycles. The van der Waals surface area contributed by atoms with Crippen LogP contribution in [-0.2, 0) is 0 Å². The molecule has 1 aromatic rings. The molecule has 0 fully saturated rings. The van der Waals surface area contributed by atoms with Crippen LogP contribution in [0.4, 0.5) is 0 Å². The average Bonchev–Trinajstić information content (AvgIpc) is 1.64. The summed E-state index contributed by atoms with van der Waals surface area (Å²) in [6.45, 7) is 0. The van der Waals surface area contributed by atoms with Gasteiger partial charge >= 0.3 is 0 Å². The monoisotopic (exact) mass is 167 g/mol. The third kappa shape index (κ3) is 1.34. The average molecular weight is 168 g/mol. The van der Waals surface area contributed by atoms with Crippen molar-refractivity contribution in [1.82, 2.24) is 4.98 Å². The lowest BCUT2D eigenvalue weighted by Crippen LogP contribution is -2.05. The number of rotatable bonds is 0. The van der Waals surface area contributed by atoms with E-state index in [-0.39, 0.29) is 0 Å². The largest absolute Gasteiger partial charge is 0.258 e. The second-order valence-corrected chi connectivity index (χ2v) is 2.20. The Balaban J connectivity index is 3.08. The number of aromatic nitrogens is 1. The van der Waals surface area contributed by atoms with Crippen molar-refractivity contribution in [2.75, 3.05) is 0 Å². The van der Waals surface area contributed by atoms with E-state index in [0.29, 0.717) is 5.59 Å². The topological polar surface area (TPSA) is 12.9 Å². The first-order valence-electron chi connectivity index (χ1n) is 2.17. The van der Waals surface area contributed by atoms with Crippen LogP contribution in [0.15, 0.2) is 22.8 Å². The summed E-state index contributed by atoms with van der Waals surface area (Å²) in [5.41, 5.74) is 0.541. The van der Waals surface area contributed by atoms with E-state index in [9.17, 15) is 0 Å². The molecule has 8 heavy (non-hydrogen) atoms. The highest BCUT2D eigenvalue weighted by Gasteiger charge is 1.83. The van der Waals surface area contributed by atoms with Crippen molar-refractivity contribution < 1.29 is 0 Å². The molecule has 0 aliphatic carbocycles. The first kappa shape index (κ1) is 5.82. The fraction of sp³-hybridized carbons (Fsp3) is 0. The van der Waals surface area contributed by atoms with Crippen molar-refractivity contribution in [2.24, 2.45) is 0 Å². The molecule has 0 saturated carbocycles. The summed E-state index contributed by atoms with van der Waals surface area (Å²) in [5.74, 6) is 0. The zero-order valence-electron chi connectivity index (χ0n) is 4.13. The third-order valence-corrected chi connectivity index (χ3v) is 1.18. The Morgan fingerprint density at radius 3 is 2.62 bits per heavy atom. The molecule has 0 bridgehead atoms. The van der Waals surface area contributed by atoms with E-state index in [4.69, 9.17) is 7.85 Å². The molecule has 38 valence electrons. The van der Waals surface area contributed by atoms with Gasteiger partial charge in [-0.25, -0.2) is 0 Å². The molecule has 3 heteroatoms. The van der Waals surface area contributed by atoms with Crippen molar-refractivity contribution in [2.45, 2.75) is 0 Å². The van der Waals surface area contributed by atoms with Crippen molar-refractivity contribution in [1.29, 1.82) is 0 Å². The van der Waals surface area contributed by atoms with E-state index in [1.54, 1.807) is 6.07 Å². The molecule has 1 rings (SSSR count). The van der Waals surface area contributed by atoms with Gasteiger partial charge in [0.2, 0.25) is 0 Å². The van der Waals surface area contributed by atoms with Crippen LogP contribution in [-0.4, -0.2) is 12.8 Å². The van der Waals surface area contributed by atoms with Gasteiger partial charge in [-0.05, 0) is 27.6 Å². The molecule has 0 saturated heterocycles. The van der Waals surface area contributed by atoms with Crippen molar-refractivity contribution in [3.05, 3.63) is 22.8 Å². The lowest BCUT2D eigenvalue weighted by Gasteiger charge is -1.88. The molecule has 1 heterocycles. The molecule has 2 radical (unpaired) electrons. The Labute approximate surface area is 57.7 Å². The lowest BCUT2D eigenvalue weighted by molar-refractivity contribution is 1.33. The molecule has 0 N–H and O–H groups in total. The van der Waals surface area contributed by atoms with Gasteiger partial charge in [0.15, 0.2) is 0 Å². The van der Waals surface area contributed by atoms with E-state index in [1.807, 2.05) is 12.1 Å². The van der Waals surface area contributed by atoms with Gasteiger partial charge in [-0.15, -0.1) is 0 Å². The fourth-order valence-corrected chi connectivity index (χ4v) is 0.781. The molecule has 0 aliphatic rings. The molecule has 0 unspecified atom stereocenters. The standard InChI is InChI=1S/C5H3BBrN/c6-4-2-1-3-5(7)8-4/h1-3H. The Morgan fingerprint density at radius 1 is 1.50 bits per heavy atom. The normalized spacial score (nSPS) is 9.12. The molecule has 0 aromatic carbocycles. The van der Waals surface area contributed by atoms with Gasteiger partial charge in [0.1, 0.15) is 12.4 Å². The van der Waals surface area contributed by atoms with Crippen LogP contribution in [0, 0.1) is 0 Å². The maximum absolute atomic E-state index is 5.32. The van der Waals surface area contributed by atoms with E-state index in [2.05, 4.69) is 20.9 Å². The first-order chi connectivity index (χ1) is 3.79. The van der Waals surface area contributed by atoms with Crippen LogP contribution in [0.1, 0.15) is 0 Å². The maximum Gasteiger partial charge on any atom is 0.141 e. The van der Waals surface area contributed by atoms with Gasteiger partial charge in [-0.1, -0.05) is 12.1 Å². The Bertz CT molecular complexity index is 172. The van der Waals surface area contributed by atoms with Crippen molar-refractivity contribution in [3.8, 4) is 0 Å². The number of pyridine rings is 1. The highest BCUT2D eigenvalue weighted by Crippen LogP contribution is 1.99. The van der Waals surface area contributed by atoms with Crippen LogP contribution in [0.2, 0.25) is 0 Å². The van der Waals surface area contributed by atoms with Crippen LogP contribution in [0.5, 0.6) is 0 Å². The Hall–Kier alpha value is -0.305. The number of hydrogen-bond acceptors (Lipinski definition) is 1. The minimum absolute atomic E-state index is 0.541. The van der Waals surface area contributed by atoms with Gasteiger partial charge in [0.25, 0.3) is 0 Å².